The fraction of sp³-hybridized carbons (Fsp3) is 0.571. The van der Waals surface area contributed by atoms with Gasteiger partial charge in [0.2, 0.25) is 0 Å². The van der Waals surface area contributed by atoms with Crippen LogP contribution >= 0.6 is 0 Å². The third-order valence-corrected chi connectivity index (χ3v) is 3.23. The largest absolute Gasteiger partial charge is 0.441 e. The zero-order valence-electron chi connectivity index (χ0n) is 11.9. The molecule has 0 amide bonds. The van der Waals surface area contributed by atoms with E-state index >= 15 is 0 Å². The summed E-state index contributed by atoms with van der Waals surface area (Å²) in [5.41, 5.74) is 2.11. The van der Waals surface area contributed by atoms with Gasteiger partial charge < -0.3 is 9.73 Å². The Morgan fingerprint density at radius 3 is 2.84 bits per heavy atom. The lowest BCUT2D eigenvalue weighted by molar-refractivity contribution is 0.491. The molecule has 0 fully saturated rings. The molecule has 0 aliphatic carbocycles. The van der Waals surface area contributed by atoms with Crippen molar-refractivity contribution in [3.63, 3.8) is 0 Å². The Bertz CT molecular complexity index is 515. The van der Waals surface area contributed by atoms with Crippen LogP contribution in [0.2, 0.25) is 0 Å². The van der Waals surface area contributed by atoms with E-state index in [2.05, 4.69) is 22.3 Å². The second kappa shape index (κ2) is 6.52. The average molecular weight is 262 g/mol. The first-order valence-electron chi connectivity index (χ1n) is 6.86. The molecule has 104 valence electrons. The molecule has 2 rings (SSSR count). The van der Waals surface area contributed by atoms with E-state index in [-0.39, 0.29) is 0 Å². The summed E-state index contributed by atoms with van der Waals surface area (Å²) in [6, 6.07) is 0. The van der Waals surface area contributed by atoms with Gasteiger partial charge in [-0.3, -0.25) is 4.68 Å². The monoisotopic (exact) mass is 262 g/mol. The van der Waals surface area contributed by atoms with Gasteiger partial charge in [-0.05, 0) is 32.9 Å². The molecule has 0 aromatic carbocycles. The van der Waals surface area contributed by atoms with Gasteiger partial charge in [0.15, 0.2) is 11.7 Å². The van der Waals surface area contributed by atoms with Crippen molar-refractivity contribution in [3.8, 4) is 11.3 Å². The third-order valence-electron chi connectivity index (χ3n) is 3.23. The first-order chi connectivity index (χ1) is 9.22. The maximum atomic E-state index is 5.78. The summed E-state index contributed by atoms with van der Waals surface area (Å²) in [6.45, 7) is 6.28. The van der Waals surface area contributed by atoms with Crippen LogP contribution in [0.25, 0.3) is 11.3 Å². The number of aryl methyl sites for hydroxylation is 2. The van der Waals surface area contributed by atoms with Crippen LogP contribution < -0.4 is 5.32 Å². The van der Waals surface area contributed by atoms with Crippen molar-refractivity contribution >= 4 is 0 Å². The van der Waals surface area contributed by atoms with E-state index in [1.165, 1.54) is 6.42 Å². The number of hydrogen-bond acceptors (Lipinski definition) is 4. The Hall–Kier alpha value is -1.62. The minimum absolute atomic E-state index is 0.802. The van der Waals surface area contributed by atoms with Gasteiger partial charge >= 0.3 is 0 Å². The number of nitrogens with zero attached hydrogens (tertiary/aromatic N) is 3. The molecule has 0 aliphatic rings. The van der Waals surface area contributed by atoms with E-state index in [0.29, 0.717) is 0 Å². The van der Waals surface area contributed by atoms with Crippen molar-refractivity contribution < 1.29 is 4.42 Å². The van der Waals surface area contributed by atoms with Crippen LogP contribution in [0.15, 0.2) is 16.8 Å². The second-order valence-electron chi connectivity index (χ2n) is 4.74. The van der Waals surface area contributed by atoms with E-state index in [0.717, 1.165) is 48.8 Å². The average Bonchev–Trinajstić information content (AvgIpc) is 2.98. The zero-order valence-corrected chi connectivity index (χ0v) is 11.9. The van der Waals surface area contributed by atoms with Gasteiger partial charge in [0.25, 0.3) is 0 Å². The molecule has 5 nitrogen and oxygen atoms in total. The first-order valence-corrected chi connectivity index (χ1v) is 6.86. The Morgan fingerprint density at radius 2 is 2.16 bits per heavy atom. The van der Waals surface area contributed by atoms with Gasteiger partial charge in [0.05, 0.1) is 18.0 Å². The van der Waals surface area contributed by atoms with Crippen LogP contribution in [0.3, 0.4) is 0 Å². The highest BCUT2D eigenvalue weighted by molar-refractivity contribution is 5.58. The van der Waals surface area contributed by atoms with E-state index in [4.69, 9.17) is 4.42 Å². The minimum Gasteiger partial charge on any atom is -0.441 e. The van der Waals surface area contributed by atoms with E-state index in [1.54, 1.807) is 6.20 Å². The summed E-state index contributed by atoms with van der Waals surface area (Å²) in [7, 11) is 1.93. The van der Waals surface area contributed by atoms with Crippen molar-refractivity contribution in [2.24, 2.45) is 7.05 Å². The highest BCUT2D eigenvalue weighted by Gasteiger charge is 2.11. The summed E-state index contributed by atoms with van der Waals surface area (Å²) < 4.78 is 7.62. The lowest BCUT2D eigenvalue weighted by Gasteiger charge is -2.00. The van der Waals surface area contributed by atoms with Crippen molar-refractivity contribution in [3.05, 3.63) is 24.0 Å². The molecule has 0 unspecified atom stereocenters. The summed E-state index contributed by atoms with van der Waals surface area (Å²) >= 11 is 0. The quantitative estimate of drug-likeness (QED) is 0.778. The predicted octanol–water partition coefficient (Wildman–Crippen LogP) is 2.32. The molecule has 0 bridgehead atoms. The van der Waals surface area contributed by atoms with Crippen LogP contribution in [0.4, 0.5) is 0 Å². The lowest BCUT2D eigenvalue weighted by atomic mass is 10.2. The van der Waals surface area contributed by atoms with Crippen molar-refractivity contribution in [2.75, 3.05) is 13.1 Å². The molecule has 19 heavy (non-hydrogen) atoms. The Labute approximate surface area is 114 Å². The Balaban J connectivity index is 1.90. The molecule has 2 heterocycles. The lowest BCUT2D eigenvalue weighted by Crippen LogP contribution is -2.16. The Kier molecular flexibility index (Phi) is 4.74. The molecule has 0 saturated carbocycles. The summed E-state index contributed by atoms with van der Waals surface area (Å²) in [5.74, 6) is 1.61. The molecule has 0 saturated heterocycles. The van der Waals surface area contributed by atoms with Gasteiger partial charge in [0, 0.05) is 19.2 Å². The molecule has 2 aromatic heterocycles. The van der Waals surface area contributed by atoms with Gasteiger partial charge in [0.1, 0.15) is 0 Å². The maximum Gasteiger partial charge on any atom is 0.194 e. The molecule has 5 heteroatoms. The van der Waals surface area contributed by atoms with E-state index in [9.17, 15) is 0 Å². The van der Waals surface area contributed by atoms with Crippen LogP contribution in [-0.2, 0) is 13.5 Å². The van der Waals surface area contributed by atoms with Crippen LogP contribution in [0.1, 0.15) is 31.4 Å². The summed E-state index contributed by atoms with van der Waals surface area (Å²) in [6.07, 6.45) is 6.70. The zero-order chi connectivity index (χ0) is 13.7. The molecule has 2 aromatic rings. The first kappa shape index (κ1) is 13.8. The number of hydrogen-bond donors (Lipinski definition) is 1. The number of oxazole rings is 1. The fourth-order valence-electron chi connectivity index (χ4n) is 1.96. The van der Waals surface area contributed by atoms with Gasteiger partial charge in [-0.15, -0.1) is 0 Å². The SMILES string of the molecule is CCCNCCCc1ncc(-c2cnn(C)c2C)o1. The van der Waals surface area contributed by atoms with E-state index in [1.807, 2.05) is 24.9 Å². The number of rotatable bonds is 7. The van der Waals surface area contributed by atoms with Gasteiger partial charge in [-0.25, -0.2) is 4.98 Å². The summed E-state index contributed by atoms with van der Waals surface area (Å²) in [4.78, 5) is 4.33. The van der Waals surface area contributed by atoms with Crippen LogP contribution in [0.5, 0.6) is 0 Å². The van der Waals surface area contributed by atoms with Crippen LogP contribution in [0, 0.1) is 6.92 Å². The van der Waals surface area contributed by atoms with Crippen LogP contribution in [-0.4, -0.2) is 27.9 Å². The molecule has 1 N–H and O–H groups in total. The van der Waals surface area contributed by atoms with Crippen molar-refractivity contribution in [1.29, 1.82) is 0 Å². The predicted molar refractivity (Wildman–Crippen MR) is 74.9 cm³/mol. The molecular formula is C14H22N4O. The third kappa shape index (κ3) is 3.44. The molecule has 0 atom stereocenters. The fourth-order valence-corrected chi connectivity index (χ4v) is 1.96. The van der Waals surface area contributed by atoms with E-state index < -0.39 is 0 Å². The molecule has 0 radical (unpaired) electrons. The van der Waals surface area contributed by atoms with Crippen molar-refractivity contribution in [2.45, 2.75) is 33.1 Å². The highest BCUT2D eigenvalue weighted by atomic mass is 16.4. The van der Waals surface area contributed by atoms with Gasteiger partial charge in [-0.2, -0.15) is 5.10 Å². The maximum absolute atomic E-state index is 5.78. The molecule has 0 spiro atoms. The molecular weight excluding hydrogens is 240 g/mol. The van der Waals surface area contributed by atoms with Gasteiger partial charge in [-0.1, -0.05) is 6.92 Å². The highest BCUT2D eigenvalue weighted by Crippen LogP contribution is 2.23. The second-order valence-corrected chi connectivity index (χ2v) is 4.74. The molecule has 0 aliphatic heterocycles. The van der Waals surface area contributed by atoms with Crippen molar-refractivity contribution in [1.82, 2.24) is 20.1 Å². The number of nitrogens with one attached hydrogen (secondary N) is 1. The Morgan fingerprint density at radius 1 is 1.32 bits per heavy atom. The topological polar surface area (TPSA) is 55.9 Å². The summed E-state index contributed by atoms with van der Waals surface area (Å²) in [5, 5.41) is 7.59. The number of aromatic nitrogens is 3. The minimum atomic E-state index is 0.802. The smallest absolute Gasteiger partial charge is 0.194 e. The standard InChI is InChI=1S/C14H22N4O/c1-4-7-15-8-5-6-14-16-10-13(19-14)12-9-17-18(3)11(12)2/h9-10,15H,4-8H2,1-3H3. The normalized spacial score (nSPS) is 11.1.